The number of hydrogen-bond donors (Lipinski definition) is 1. The van der Waals surface area contributed by atoms with Crippen molar-refractivity contribution < 1.29 is 9.47 Å². The van der Waals surface area contributed by atoms with Gasteiger partial charge in [0.05, 0.1) is 37.8 Å². The van der Waals surface area contributed by atoms with Crippen LogP contribution in [0.3, 0.4) is 0 Å². The van der Waals surface area contributed by atoms with E-state index < -0.39 is 0 Å². The van der Waals surface area contributed by atoms with E-state index in [1.165, 1.54) is 22.0 Å². The fourth-order valence-corrected chi connectivity index (χ4v) is 4.18. The number of benzene rings is 2. The maximum atomic E-state index is 6.11. The number of rotatable bonds is 4. The van der Waals surface area contributed by atoms with E-state index in [9.17, 15) is 0 Å². The first-order valence-corrected chi connectivity index (χ1v) is 9.96. The highest BCUT2D eigenvalue weighted by molar-refractivity contribution is 5.86. The lowest BCUT2D eigenvalue weighted by Crippen LogP contribution is -2.37. The monoisotopic (exact) mass is 450 g/mol. The Hall–Kier alpha value is -1.83. The van der Waals surface area contributed by atoms with Gasteiger partial charge in [-0.1, -0.05) is 18.2 Å². The zero-order chi connectivity index (χ0) is 18.9. The Morgan fingerprint density at radius 2 is 1.93 bits per heavy atom. The van der Waals surface area contributed by atoms with E-state index in [0.717, 1.165) is 57.3 Å². The van der Waals surface area contributed by atoms with Crippen molar-refractivity contribution in [3.05, 3.63) is 59.4 Å². The van der Waals surface area contributed by atoms with E-state index in [1.54, 1.807) is 7.11 Å². The van der Waals surface area contributed by atoms with Gasteiger partial charge in [0.1, 0.15) is 5.75 Å². The second kappa shape index (κ2) is 9.98. The molecule has 1 fully saturated rings. The van der Waals surface area contributed by atoms with Crippen LogP contribution in [0.5, 0.6) is 5.75 Å². The first-order chi connectivity index (χ1) is 13.8. The minimum atomic E-state index is 0. The van der Waals surface area contributed by atoms with Gasteiger partial charge in [-0.05, 0) is 40.6 Å². The second-order valence-corrected chi connectivity index (χ2v) is 7.59. The van der Waals surface area contributed by atoms with Gasteiger partial charge < -0.3 is 14.8 Å². The third-order valence-electron chi connectivity index (χ3n) is 5.70. The van der Waals surface area contributed by atoms with Gasteiger partial charge in [-0.25, -0.2) is 0 Å². The van der Waals surface area contributed by atoms with E-state index in [0.29, 0.717) is 0 Å². The normalized spacial score (nSPS) is 18.9. The van der Waals surface area contributed by atoms with E-state index in [4.69, 9.17) is 14.6 Å². The molecule has 8 heteroatoms. The van der Waals surface area contributed by atoms with Crippen LogP contribution >= 0.6 is 24.8 Å². The lowest BCUT2D eigenvalue weighted by molar-refractivity contribution is -0.0332. The van der Waals surface area contributed by atoms with Gasteiger partial charge in [0.2, 0.25) is 0 Å². The Morgan fingerprint density at radius 1 is 1.10 bits per heavy atom. The van der Waals surface area contributed by atoms with Crippen molar-refractivity contribution >= 4 is 35.6 Å². The molecule has 30 heavy (non-hydrogen) atoms. The molecule has 5 rings (SSSR count). The number of nitrogens with one attached hydrogen (secondary N) is 1. The molecular formula is C22H28Cl2N4O2. The smallest absolute Gasteiger partial charge is 0.119 e. The topological polar surface area (TPSA) is 51.5 Å². The van der Waals surface area contributed by atoms with Crippen LogP contribution in [0.15, 0.2) is 42.5 Å². The van der Waals surface area contributed by atoms with Gasteiger partial charge in [-0.2, -0.15) is 5.10 Å². The molecule has 2 aromatic carbocycles. The van der Waals surface area contributed by atoms with Crippen molar-refractivity contribution in [1.29, 1.82) is 0 Å². The second-order valence-electron chi connectivity index (χ2n) is 7.59. The molecule has 1 unspecified atom stereocenters. The molecule has 0 saturated carbocycles. The predicted octanol–water partition coefficient (Wildman–Crippen LogP) is 3.57. The van der Waals surface area contributed by atoms with Crippen molar-refractivity contribution in [2.45, 2.75) is 25.7 Å². The maximum Gasteiger partial charge on any atom is 0.119 e. The highest BCUT2D eigenvalue weighted by atomic mass is 35.5. The molecule has 1 N–H and O–H groups in total. The summed E-state index contributed by atoms with van der Waals surface area (Å²) in [5.41, 5.74) is 3.68. The molecule has 6 nitrogen and oxygen atoms in total. The summed E-state index contributed by atoms with van der Waals surface area (Å²) < 4.78 is 13.6. The summed E-state index contributed by atoms with van der Waals surface area (Å²) in [7, 11) is 1.70. The van der Waals surface area contributed by atoms with Crippen LogP contribution in [0.25, 0.3) is 10.8 Å². The number of ether oxygens (including phenoxy) is 2. The summed E-state index contributed by atoms with van der Waals surface area (Å²) >= 11 is 0. The van der Waals surface area contributed by atoms with Crippen molar-refractivity contribution in [3.8, 4) is 5.75 Å². The van der Waals surface area contributed by atoms with Crippen molar-refractivity contribution in [1.82, 2.24) is 20.0 Å². The number of halogens is 2. The maximum absolute atomic E-state index is 6.11. The Balaban J connectivity index is 0.00000128. The van der Waals surface area contributed by atoms with E-state index in [-0.39, 0.29) is 30.9 Å². The van der Waals surface area contributed by atoms with Crippen LogP contribution in [0.1, 0.15) is 23.1 Å². The first kappa shape index (κ1) is 22.8. The number of morpholine rings is 1. The summed E-state index contributed by atoms with van der Waals surface area (Å²) in [5, 5.41) is 10.6. The van der Waals surface area contributed by atoms with Crippen molar-refractivity contribution in [2.24, 2.45) is 0 Å². The molecule has 2 aliphatic heterocycles. The molecule has 2 aliphatic rings. The zero-order valence-electron chi connectivity index (χ0n) is 17.0. The number of aromatic nitrogens is 2. The third-order valence-corrected chi connectivity index (χ3v) is 5.70. The number of methoxy groups -OCH3 is 1. The molecular weight excluding hydrogens is 423 g/mol. The minimum Gasteiger partial charge on any atom is -0.497 e. The summed E-state index contributed by atoms with van der Waals surface area (Å²) in [5.74, 6) is 0.887. The summed E-state index contributed by atoms with van der Waals surface area (Å²) in [6.07, 6.45) is 0.0964. The first-order valence-electron chi connectivity index (χ1n) is 9.96. The zero-order valence-corrected chi connectivity index (χ0v) is 18.7. The fraction of sp³-hybridized carbons (Fsp3) is 0.409. The van der Waals surface area contributed by atoms with E-state index in [1.807, 2.05) is 6.07 Å². The largest absolute Gasteiger partial charge is 0.497 e. The van der Waals surface area contributed by atoms with Crippen LogP contribution in [-0.4, -0.2) is 48.0 Å². The summed E-state index contributed by atoms with van der Waals surface area (Å²) in [4.78, 5) is 2.45. The predicted molar refractivity (Wildman–Crippen MR) is 123 cm³/mol. The van der Waals surface area contributed by atoms with Gasteiger partial charge in [0.15, 0.2) is 0 Å². The van der Waals surface area contributed by atoms with Crippen LogP contribution < -0.4 is 10.1 Å². The van der Waals surface area contributed by atoms with Gasteiger partial charge >= 0.3 is 0 Å². The Kier molecular flexibility index (Phi) is 7.60. The molecule has 1 atom stereocenters. The average molecular weight is 451 g/mol. The summed E-state index contributed by atoms with van der Waals surface area (Å²) in [6.45, 7) is 6.35. The van der Waals surface area contributed by atoms with Gasteiger partial charge in [0, 0.05) is 32.7 Å². The standard InChI is InChI=1S/C22H26N4O2.2ClH/c1-27-21-5-4-16-10-18(3-2-17(16)11-21)22-15-25(8-9-28-22)14-19-12-20-13-23-6-7-26(20)24-19;;/h2-5,10-12,22-23H,6-9,13-15H2,1H3;2*1H. The van der Waals surface area contributed by atoms with Gasteiger partial charge in [0.25, 0.3) is 0 Å². The SMILES string of the molecule is COc1ccc2cc(C3CN(Cc4cc5n(n4)CCNC5)CCO3)ccc2c1.Cl.Cl. The molecule has 0 spiro atoms. The van der Waals surface area contributed by atoms with Crippen LogP contribution in [0, 0.1) is 0 Å². The molecule has 1 aromatic heterocycles. The molecule has 1 saturated heterocycles. The van der Waals surface area contributed by atoms with Crippen LogP contribution in [-0.2, 0) is 24.4 Å². The minimum absolute atomic E-state index is 0. The third kappa shape index (κ3) is 4.74. The average Bonchev–Trinajstić information content (AvgIpc) is 3.15. The van der Waals surface area contributed by atoms with Crippen molar-refractivity contribution in [3.63, 3.8) is 0 Å². The van der Waals surface area contributed by atoms with Crippen LogP contribution in [0.4, 0.5) is 0 Å². The quantitative estimate of drug-likeness (QED) is 0.658. The number of fused-ring (bicyclic) bond motifs is 2. The van der Waals surface area contributed by atoms with Gasteiger partial charge in [-0.3, -0.25) is 9.58 Å². The molecule has 3 aromatic rings. The Morgan fingerprint density at radius 3 is 2.77 bits per heavy atom. The van der Waals surface area contributed by atoms with Gasteiger partial charge in [-0.15, -0.1) is 24.8 Å². The number of nitrogens with zero attached hydrogens (tertiary/aromatic N) is 3. The fourth-order valence-electron chi connectivity index (χ4n) is 4.18. The van der Waals surface area contributed by atoms with E-state index in [2.05, 4.69) is 51.3 Å². The molecule has 0 radical (unpaired) electrons. The molecule has 162 valence electrons. The summed E-state index contributed by atoms with van der Waals surface area (Å²) in [6, 6.07) is 15.0. The molecule has 0 aliphatic carbocycles. The van der Waals surface area contributed by atoms with Crippen LogP contribution in [0.2, 0.25) is 0 Å². The molecule has 0 amide bonds. The highest BCUT2D eigenvalue weighted by Gasteiger charge is 2.23. The van der Waals surface area contributed by atoms with E-state index >= 15 is 0 Å². The molecule has 3 heterocycles. The Bertz CT molecular complexity index is 971. The Labute approximate surface area is 189 Å². The number of hydrogen-bond acceptors (Lipinski definition) is 5. The molecule has 0 bridgehead atoms. The lowest BCUT2D eigenvalue weighted by Gasteiger charge is -2.32. The highest BCUT2D eigenvalue weighted by Crippen LogP contribution is 2.28. The lowest BCUT2D eigenvalue weighted by atomic mass is 10.0. The van der Waals surface area contributed by atoms with Crippen molar-refractivity contribution in [2.75, 3.05) is 33.4 Å².